The summed E-state index contributed by atoms with van der Waals surface area (Å²) in [5, 5.41) is 8.81. The lowest BCUT2D eigenvalue weighted by atomic mass is 9.95. The van der Waals surface area contributed by atoms with Gasteiger partial charge in [-0.15, -0.1) is 0 Å². The van der Waals surface area contributed by atoms with Crippen LogP contribution in [0.4, 0.5) is 0 Å². The van der Waals surface area contributed by atoms with Crippen molar-refractivity contribution in [2.24, 2.45) is 17.6 Å². The normalized spacial score (nSPS) is 21.6. The highest BCUT2D eigenvalue weighted by Crippen LogP contribution is 2.18. The summed E-state index contributed by atoms with van der Waals surface area (Å²) in [5.41, 5.74) is 5.81. The van der Waals surface area contributed by atoms with Crippen LogP contribution in [0.1, 0.15) is 20.3 Å². The minimum Gasteiger partial charge on any atom is -0.396 e. The van der Waals surface area contributed by atoms with E-state index in [9.17, 15) is 4.79 Å². The lowest BCUT2D eigenvalue weighted by molar-refractivity contribution is -0.141. The summed E-state index contributed by atoms with van der Waals surface area (Å²) < 4.78 is 0. The first kappa shape index (κ1) is 11.5. The maximum Gasteiger partial charge on any atom is 0.239 e. The van der Waals surface area contributed by atoms with E-state index in [-0.39, 0.29) is 30.4 Å². The molecule has 0 saturated carbocycles. The number of hydrogen-bond donors (Lipinski definition) is 2. The average molecular weight is 200 g/mol. The van der Waals surface area contributed by atoms with Crippen LogP contribution >= 0.6 is 0 Å². The minimum absolute atomic E-state index is 0.0315. The lowest BCUT2D eigenvalue weighted by Crippen LogP contribution is -2.57. The summed E-state index contributed by atoms with van der Waals surface area (Å²) in [6, 6.07) is -0.375. The first-order chi connectivity index (χ1) is 6.60. The molecule has 0 aromatic carbocycles. The van der Waals surface area contributed by atoms with Gasteiger partial charge in [-0.2, -0.15) is 0 Å². The predicted molar refractivity (Wildman–Crippen MR) is 54.6 cm³/mol. The van der Waals surface area contributed by atoms with Gasteiger partial charge in [-0.05, 0) is 5.92 Å². The van der Waals surface area contributed by atoms with E-state index >= 15 is 0 Å². The molecule has 0 bridgehead atoms. The van der Waals surface area contributed by atoms with Crippen LogP contribution in [0.2, 0.25) is 0 Å². The number of nitrogens with two attached hydrogens (primary N) is 1. The Morgan fingerprint density at radius 3 is 2.64 bits per heavy atom. The van der Waals surface area contributed by atoms with Crippen molar-refractivity contribution in [2.45, 2.75) is 26.3 Å². The van der Waals surface area contributed by atoms with Gasteiger partial charge >= 0.3 is 0 Å². The molecule has 1 aliphatic rings. The molecule has 1 heterocycles. The molecule has 2 atom stereocenters. The van der Waals surface area contributed by atoms with Crippen molar-refractivity contribution in [3.63, 3.8) is 0 Å². The molecule has 0 aromatic rings. The van der Waals surface area contributed by atoms with Crippen molar-refractivity contribution in [3.05, 3.63) is 0 Å². The smallest absolute Gasteiger partial charge is 0.239 e. The van der Waals surface area contributed by atoms with E-state index in [1.54, 1.807) is 4.90 Å². The molecular formula is C10H20N2O2. The van der Waals surface area contributed by atoms with E-state index in [1.165, 1.54) is 0 Å². The van der Waals surface area contributed by atoms with E-state index in [0.717, 1.165) is 6.42 Å². The molecule has 1 fully saturated rings. The molecule has 0 radical (unpaired) electrons. The van der Waals surface area contributed by atoms with Gasteiger partial charge in [-0.1, -0.05) is 20.3 Å². The molecule has 1 amide bonds. The summed E-state index contributed by atoms with van der Waals surface area (Å²) in [6.45, 7) is 5.53. The van der Waals surface area contributed by atoms with E-state index in [2.05, 4.69) is 0 Å². The van der Waals surface area contributed by atoms with Gasteiger partial charge in [0.2, 0.25) is 5.91 Å². The summed E-state index contributed by atoms with van der Waals surface area (Å²) >= 11 is 0. The van der Waals surface area contributed by atoms with Crippen LogP contribution in [0.3, 0.4) is 0 Å². The van der Waals surface area contributed by atoms with Crippen molar-refractivity contribution in [1.82, 2.24) is 4.90 Å². The number of aliphatic hydroxyl groups excluding tert-OH is 1. The fourth-order valence-electron chi connectivity index (χ4n) is 1.57. The number of likely N-dealkylation sites (tertiary alicyclic amines) is 1. The van der Waals surface area contributed by atoms with Crippen LogP contribution in [-0.2, 0) is 4.79 Å². The standard InChI is InChI=1S/C10H20N2O2/c1-3-7(2)9(11)10(14)12-4-8(5-12)6-13/h7-9,13H,3-6,11H2,1-2H3/t7?,9-/m0/s1. The minimum atomic E-state index is -0.375. The summed E-state index contributed by atoms with van der Waals surface area (Å²) in [5.74, 6) is 0.530. The zero-order chi connectivity index (χ0) is 10.7. The van der Waals surface area contributed by atoms with E-state index < -0.39 is 0 Å². The Kier molecular flexibility index (Phi) is 3.89. The van der Waals surface area contributed by atoms with Crippen LogP contribution in [0.15, 0.2) is 0 Å². The summed E-state index contributed by atoms with van der Waals surface area (Å²) in [7, 11) is 0. The fourth-order valence-corrected chi connectivity index (χ4v) is 1.57. The maximum atomic E-state index is 11.7. The first-order valence-electron chi connectivity index (χ1n) is 5.25. The molecule has 1 saturated heterocycles. The van der Waals surface area contributed by atoms with Gasteiger partial charge in [-0.3, -0.25) is 4.79 Å². The quantitative estimate of drug-likeness (QED) is 0.661. The second-order valence-electron chi connectivity index (χ2n) is 4.20. The Labute approximate surface area is 85.1 Å². The van der Waals surface area contributed by atoms with Crippen molar-refractivity contribution in [3.8, 4) is 0 Å². The van der Waals surface area contributed by atoms with Gasteiger partial charge in [0.1, 0.15) is 0 Å². The molecule has 3 N–H and O–H groups in total. The van der Waals surface area contributed by atoms with Gasteiger partial charge in [0.25, 0.3) is 0 Å². The first-order valence-corrected chi connectivity index (χ1v) is 5.25. The molecule has 0 aromatic heterocycles. The zero-order valence-corrected chi connectivity index (χ0v) is 8.94. The number of carbonyl (C=O) groups is 1. The Morgan fingerprint density at radius 1 is 1.64 bits per heavy atom. The fraction of sp³-hybridized carbons (Fsp3) is 0.900. The van der Waals surface area contributed by atoms with Crippen molar-refractivity contribution in [1.29, 1.82) is 0 Å². The maximum absolute atomic E-state index is 11.7. The predicted octanol–water partition coefficient (Wildman–Crippen LogP) is -0.189. The largest absolute Gasteiger partial charge is 0.396 e. The van der Waals surface area contributed by atoms with Crippen molar-refractivity contribution >= 4 is 5.91 Å². The van der Waals surface area contributed by atoms with Gasteiger partial charge < -0.3 is 15.7 Å². The number of amides is 1. The Morgan fingerprint density at radius 2 is 2.21 bits per heavy atom. The molecule has 1 rings (SSSR count). The van der Waals surface area contributed by atoms with Crippen LogP contribution in [0, 0.1) is 11.8 Å². The second kappa shape index (κ2) is 4.75. The molecular weight excluding hydrogens is 180 g/mol. The van der Waals surface area contributed by atoms with Crippen molar-refractivity contribution in [2.75, 3.05) is 19.7 Å². The Balaban J connectivity index is 2.36. The third-order valence-corrected chi connectivity index (χ3v) is 3.07. The molecule has 0 spiro atoms. The third kappa shape index (κ3) is 2.25. The third-order valence-electron chi connectivity index (χ3n) is 3.07. The number of nitrogens with zero attached hydrogens (tertiary/aromatic N) is 1. The highest BCUT2D eigenvalue weighted by molar-refractivity contribution is 5.82. The monoisotopic (exact) mass is 200 g/mol. The lowest BCUT2D eigenvalue weighted by Gasteiger charge is -2.40. The Bertz CT molecular complexity index is 202. The molecule has 14 heavy (non-hydrogen) atoms. The summed E-state index contributed by atoms with van der Waals surface area (Å²) in [4.78, 5) is 13.4. The molecule has 4 heteroatoms. The number of hydrogen-bond acceptors (Lipinski definition) is 3. The summed E-state index contributed by atoms with van der Waals surface area (Å²) in [6.07, 6.45) is 0.921. The van der Waals surface area contributed by atoms with Crippen LogP contribution < -0.4 is 5.73 Å². The van der Waals surface area contributed by atoms with E-state index in [0.29, 0.717) is 13.1 Å². The van der Waals surface area contributed by atoms with Gasteiger partial charge in [0.15, 0.2) is 0 Å². The van der Waals surface area contributed by atoms with Gasteiger partial charge in [0, 0.05) is 25.6 Å². The van der Waals surface area contributed by atoms with E-state index in [1.807, 2.05) is 13.8 Å². The number of rotatable bonds is 4. The molecule has 1 aliphatic heterocycles. The number of aliphatic hydroxyl groups is 1. The molecule has 0 aliphatic carbocycles. The van der Waals surface area contributed by atoms with Gasteiger partial charge in [-0.25, -0.2) is 0 Å². The zero-order valence-electron chi connectivity index (χ0n) is 8.94. The second-order valence-corrected chi connectivity index (χ2v) is 4.20. The van der Waals surface area contributed by atoms with Crippen molar-refractivity contribution < 1.29 is 9.90 Å². The van der Waals surface area contributed by atoms with Gasteiger partial charge in [0.05, 0.1) is 6.04 Å². The van der Waals surface area contributed by atoms with Crippen LogP contribution in [0.5, 0.6) is 0 Å². The molecule has 4 nitrogen and oxygen atoms in total. The Hall–Kier alpha value is -0.610. The molecule has 1 unspecified atom stereocenters. The van der Waals surface area contributed by atoms with Crippen LogP contribution in [-0.4, -0.2) is 41.7 Å². The number of carbonyl (C=O) groups excluding carboxylic acids is 1. The highest BCUT2D eigenvalue weighted by atomic mass is 16.3. The molecule has 82 valence electrons. The van der Waals surface area contributed by atoms with Crippen LogP contribution in [0.25, 0.3) is 0 Å². The topological polar surface area (TPSA) is 66.6 Å². The van der Waals surface area contributed by atoms with E-state index in [4.69, 9.17) is 10.8 Å². The SMILES string of the molecule is CCC(C)[C@H](N)C(=O)N1CC(CO)C1. The average Bonchev–Trinajstić information content (AvgIpc) is 2.13. The highest BCUT2D eigenvalue weighted by Gasteiger charge is 2.33.